The molecule has 0 saturated heterocycles. The summed E-state index contributed by atoms with van der Waals surface area (Å²) >= 11 is 0. The predicted octanol–water partition coefficient (Wildman–Crippen LogP) is 1.89. The average molecular weight is 262 g/mol. The fourth-order valence-electron chi connectivity index (χ4n) is 1.73. The summed E-state index contributed by atoms with van der Waals surface area (Å²) < 4.78 is 6.46. The van der Waals surface area contributed by atoms with E-state index in [1.54, 1.807) is 10.9 Å². The molecule has 0 unspecified atom stereocenters. The molecular formula is C13H18N4O2. The number of ether oxygens (including phenoxy) is 1. The van der Waals surface area contributed by atoms with Crippen LogP contribution < -0.4 is 0 Å². The zero-order chi connectivity index (χ0) is 14.2. The molecule has 0 radical (unpaired) electrons. The molecule has 2 heterocycles. The highest BCUT2D eigenvalue weighted by Crippen LogP contribution is 2.27. The maximum Gasteiger partial charge on any atom is 0.356 e. The number of H-pyrrole nitrogens is 1. The van der Waals surface area contributed by atoms with Crippen molar-refractivity contribution in [1.29, 1.82) is 0 Å². The van der Waals surface area contributed by atoms with Crippen molar-refractivity contribution in [1.82, 2.24) is 19.7 Å². The van der Waals surface area contributed by atoms with Crippen molar-refractivity contribution >= 4 is 5.97 Å². The number of esters is 1. The number of aromatic amines is 1. The molecule has 102 valence electrons. The summed E-state index contributed by atoms with van der Waals surface area (Å²) in [5.41, 5.74) is 1.54. The van der Waals surface area contributed by atoms with Crippen LogP contribution in [0.25, 0.3) is 11.3 Å². The first-order valence-electron chi connectivity index (χ1n) is 6.00. The zero-order valence-corrected chi connectivity index (χ0v) is 11.8. The molecule has 0 amide bonds. The van der Waals surface area contributed by atoms with Gasteiger partial charge in [0, 0.05) is 24.2 Å². The Balaban J connectivity index is 2.58. The van der Waals surface area contributed by atoms with E-state index >= 15 is 0 Å². The number of imidazole rings is 1. The van der Waals surface area contributed by atoms with Gasteiger partial charge in [-0.25, -0.2) is 9.78 Å². The van der Waals surface area contributed by atoms with Gasteiger partial charge in [-0.05, 0) is 0 Å². The molecule has 2 rings (SSSR count). The van der Waals surface area contributed by atoms with Gasteiger partial charge < -0.3 is 9.72 Å². The highest BCUT2D eigenvalue weighted by atomic mass is 16.5. The number of nitrogens with zero attached hydrogens (tertiary/aromatic N) is 3. The molecule has 1 N–H and O–H groups in total. The standard InChI is InChI=1S/C13H18N4O2/c1-13(2,3)12-15-9(8-6-14-17(4)7-8)10(16-12)11(18)19-5/h6-7H,1-5H3,(H,15,16). The van der Waals surface area contributed by atoms with Crippen molar-refractivity contribution in [2.75, 3.05) is 7.11 Å². The first kappa shape index (κ1) is 13.3. The van der Waals surface area contributed by atoms with Crippen LogP contribution in [0.15, 0.2) is 12.4 Å². The van der Waals surface area contributed by atoms with Crippen molar-refractivity contribution in [2.45, 2.75) is 26.2 Å². The van der Waals surface area contributed by atoms with Crippen molar-refractivity contribution in [2.24, 2.45) is 7.05 Å². The highest BCUT2D eigenvalue weighted by molar-refractivity contribution is 5.94. The van der Waals surface area contributed by atoms with Gasteiger partial charge in [0.15, 0.2) is 5.69 Å². The van der Waals surface area contributed by atoms with Gasteiger partial charge in [0.1, 0.15) is 11.5 Å². The molecule has 0 spiro atoms. The third kappa shape index (κ3) is 2.52. The van der Waals surface area contributed by atoms with E-state index in [4.69, 9.17) is 4.74 Å². The van der Waals surface area contributed by atoms with Crippen molar-refractivity contribution < 1.29 is 9.53 Å². The van der Waals surface area contributed by atoms with E-state index in [-0.39, 0.29) is 5.41 Å². The Morgan fingerprint density at radius 2 is 2.11 bits per heavy atom. The van der Waals surface area contributed by atoms with Gasteiger partial charge >= 0.3 is 5.97 Å². The Labute approximate surface area is 111 Å². The van der Waals surface area contributed by atoms with Crippen molar-refractivity contribution in [3.63, 3.8) is 0 Å². The van der Waals surface area contributed by atoms with E-state index in [0.717, 1.165) is 11.4 Å². The van der Waals surface area contributed by atoms with Crippen LogP contribution >= 0.6 is 0 Å². The maximum atomic E-state index is 11.8. The van der Waals surface area contributed by atoms with Gasteiger partial charge in [0.2, 0.25) is 0 Å². The Morgan fingerprint density at radius 1 is 1.42 bits per heavy atom. The first-order chi connectivity index (χ1) is 8.82. The molecule has 0 bridgehead atoms. The van der Waals surface area contributed by atoms with Crippen molar-refractivity contribution in [3.05, 3.63) is 23.9 Å². The zero-order valence-electron chi connectivity index (χ0n) is 11.8. The first-order valence-corrected chi connectivity index (χ1v) is 6.00. The fraction of sp³-hybridized carbons (Fsp3) is 0.462. The minimum atomic E-state index is -0.429. The number of carbonyl (C=O) groups is 1. The topological polar surface area (TPSA) is 72.8 Å². The van der Waals surface area contributed by atoms with Crippen LogP contribution in [0.4, 0.5) is 0 Å². The lowest BCUT2D eigenvalue weighted by molar-refractivity contribution is 0.0595. The quantitative estimate of drug-likeness (QED) is 0.839. The summed E-state index contributed by atoms with van der Waals surface area (Å²) in [5.74, 6) is 0.314. The number of carbonyl (C=O) groups excluding carboxylic acids is 1. The van der Waals surface area contributed by atoms with Crippen LogP contribution in [-0.2, 0) is 17.2 Å². The van der Waals surface area contributed by atoms with Gasteiger partial charge in [0.05, 0.1) is 13.3 Å². The lowest BCUT2D eigenvalue weighted by Gasteiger charge is -2.13. The van der Waals surface area contributed by atoms with Gasteiger partial charge in [-0.1, -0.05) is 20.8 Å². The van der Waals surface area contributed by atoms with Crippen LogP contribution in [0.3, 0.4) is 0 Å². The molecule has 0 aliphatic carbocycles. The molecule has 0 fully saturated rings. The van der Waals surface area contributed by atoms with Crippen molar-refractivity contribution in [3.8, 4) is 11.3 Å². The van der Waals surface area contributed by atoms with E-state index in [1.807, 2.05) is 34.0 Å². The number of hydrogen-bond donors (Lipinski definition) is 1. The van der Waals surface area contributed by atoms with Crippen LogP contribution in [0.5, 0.6) is 0 Å². The summed E-state index contributed by atoms with van der Waals surface area (Å²) in [4.78, 5) is 19.4. The second-order valence-electron chi connectivity index (χ2n) is 5.45. The number of aromatic nitrogens is 4. The number of rotatable bonds is 2. The smallest absolute Gasteiger partial charge is 0.356 e. The molecule has 0 atom stereocenters. The third-order valence-electron chi connectivity index (χ3n) is 2.78. The van der Waals surface area contributed by atoms with Gasteiger partial charge in [-0.3, -0.25) is 4.68 Å². The highest BCUT2D eigenvalue weighted by Gasteiger charge is 2.25. The molecule has 2 aromatic rings. The molecule has 0 aliphatic rings. The Hall–Kier alpha value is -2.11. The molecule has 0 aromatic carbocycles. The lowest BCUT2D eigenvalue weighted by Crippen LogP contribution is -2.13. The molecule has 0 aliphatic heterocycles. The summed E-state index contributed by atoms with van der Waals surface area (Å²) in [5, 5.41) is 4.10. The van der Waals surface area contributed by atoms with Crippen LogP contribution in [0.1, 0.15) is 37.1 Å². The predicted molar refractivity (Wildman–Crippen MR) is 70.8 cm³/mol. The molecule has 6 heteroatoms. The molecule has 2 aromatic heterocycles. The van der Waals surface area contributed by atoms with E-state index in [0.29, 0.717) is 11.4 Å². The van der Waals surface area contributed by atoms with Crippen LogP contribution in [-0.4, -0.2) is 32.8 Å². The van der Waals surface area contributed by atoms with E-state index < -0.39 is 5.97 Å². The Bertz CT molecular complexity index is 604. The average Bonchev–Trinajstić information content (AvgIpc) is 2.92. The minimum absolute atomic E-state index is 0.177. The summed E-state index contributed by atoms with van der Waals surface area (Å²) in [6.07, 6.45) is 3.49. The van der Waals surface area contributed by atoms with Gasteiger partial charge in [-0.2, -0.15) is 5.10 Å². The van der Waals surface area contributed by atoms with E-state index in [9.17, 15) is 4.79 Å². The fourth-order valence-corrected chi connectivity index (χ4v) is 1.73. The molecular weight excluding hydrogens is 244 g/mol. The monoisotopic (exact) mass is 262 g/mol. The van der Waals surface area contributed by atoms with E-state index in [2.05, 4.69) is 15.1 Å². The van der Waals surface area contributed by atoms with Crippen LogP contribution in [0, 0.1) is 0 Å². The molecule has 0 saturated carbocycles. The Morgan fingerprint density at radius 3 is 2.58 bits per heavy atom. The number of aryl methyl sites for hydroxylation is 1. The number of methoxy groups -OCH3 is 1. The summed E-state index contributed by atoms with van der Waals surface area (Å²) in [7, 11) is 3.17. The third-order valence-corrected chi connectivity index (χ3v) is 2.78. The van der Waals surface area contributed by atoms with Gasteiger partial charge in [-0.15, -0.1) is 0 Å². The molecule has 6 nitrogen and oxygen atoms in total. The Kier molecular flexibility index (Phi) is 3.18. The molecule has 19 heavy (non-hydrogen) atoms. The lowest BCUT2D eigenvalue weighted by atomic mass is 9.96. The number of nitrogens with one attached hydrogen (secondary N) is 1. The van der Waals surface area contributed by atoms with E-state index in [1.165, 1.54) is 7.11 Å². The normalized spacial score (nSPS) is 11.6. The number of hydrogen-bond acceptors (Lipinski definition) is 4. The van der Waals surface area contributed by atoms with Gasteiger partial charge in [0.25, 0.3) is 0 Å². The minimum Gasteiger partial charge on any atom is -0.464 e. The second-order valence-corrected chi connectivity index (χ2v) is 5.45. The largest absolute Gasteiger partial charge is 0.464 e. The summed E-state index contributed by atoms with van der Waals surface area (Å²) in [6, 6.07) is 0. The summed E-state index contributed by atoms with van der Waals surface area (Å²) in [6.45, 7) is 6.08. The maximum absolute atomic E-state index is 11.8. The van der Waals surface area contributed by atoms with Crippen LogP contribution in [0.2, 0.25) is 0 Å². The second kappa shape index (κ2) is 4.53. The SMILES string of the molecule is COC(=O)c1[nH]c(C(C)(C)C)nc1-c1cnn(C)c1.